The van der Waals surface area contributed by atoms with Crippen LogP contribution in [0.2, 0.25) is 0 Å². The molecule has 61 heavy (non-hydrogen) atoms. The Morgan fingerprint density at radius 1 is 0.508 bits per heavy atom. The number of unbranched alkanes of at least 4 members (excludes halogenated alkanes) is 9. The summed E-state index contributed by atoms with van der Waals surface area (Å²) in [7, 11) is 0. The van der Waals surface area contributed by atoms with E-state index in [1.54, 1.807) is 24.3 Å². The van der Waals surface area contributed by atoms with E-state index < -0.39 is 74.3 Å². The summed E-state index contributed by atoms with van der Waals surface area (Å²) >= 11 is 0. The molecule has 0 aliphatic carbocycles. The summed E-state index contributed by atoms with van der Waals surface area (Å²) in [5.41, 5.74) is 0. The molecule has 18 nitrogen and oxygen atoms in total. The van der Waals surface area contributed by atoms with Crippen LogP contribution in [0.15, 0.2) is 24.3 Å². The van der Waals surface area contributed by atoms with Gasteiger partial charge in [0.1, 0.15) is 54.7 Å². The largest absolute Gasteiger partial charge is 0.491 e. The molecule has 1 aromatic rings. The Morgan fingerprint density at radius 3 is 1.64 bits per heavy atom. The maximum Gasteiger partial charge on any atom is 0.186 e. The molecule has 2 aliphatic heterocycles. The highest BCUT2D eigenvalue weighted by Crippen LogP contribution is 2.36. The molecule has 0 amide bonds. The molecule has 0 bridgehead atoms. The molecule has 11 atom stereocenters. The van der Waals surface area contributed by atoms with Gasteiger partial charge in [0.05, 0.1) is 104 Å². The second-order valence-electron chi connectivity index (χ2n) is 15.4. The Kier molecular flexibility index (Phi) is 28.8. The van der Waals surface area contributed by atoms with E-state index in [1.807, 2.05) is 0 Å². The zero-order valence-electron chi connectivity index (χ0n) is 36.0. The third-order valence-electron chi connectivity index (χ3n) is 10.6. The van der Waals surface area contributed by atoms with Crippen molar-refractivity contribution in [3.8, 4) is 11.5 Å². The molecule has 2 aliphatic rings. The van der Waals surface area contributed by atoms with Gasteiger partial charge in [-0.15, -0.1) is 0 Å². The van der Waals surface area contributed by atoms with E-state index in [9.17, 15) is 35.7 Å². The predicted octanol–water partition coefficient (Wildman–Crippen LogP) is 0.723. The van der Waals surface area contributed by atoms with Crippen LogP contribution in [0.25, 0.3) is 0 Å². The molecular weight excluding hydrogens is 804 g/mol. The van der Waals surface area contributed by atoms with Gasteiger partial charge in [0.2, 0.25) is 0 Å². The van der Waals surface area contributed by atoms with Crippen LogP contribution in [0.1, 0.15) is 71.1 Å². The number of aliphatic hydroxyl groups is 8. The average molecular weight is 881 g/mol. The van der Waals surface area contributed by atoms with E-state index in [-0.39, 0.29) is 25.9 Å². The smallest absolute Gasteiger partial charge is 0.186 e. The standard InChI is InChI=1S/C43H76O18/c1-2-3-4-5-6-7-8-9-10-11-17-55-29-33(30-56-24-23-54-22-21-53-20-19-52-18-16-44)59-32-14-12-31(13-15-32)57-25-26-58-43-41(51)38(48)36(34(27-45)61-43)42-40(50)39(49)37(47)35(28-46)60-42/h12-15,33-51H,2-11,16-30H2,1H3. The minimum absolute atomic E-state index is 0.0147. The van der Waals surface area contributed by atoms with Crippen molar-refractivity contribution < 1.29 is 88.2 Å². The summed E-state index contributed by atoms with van der Waals surface area (Å²) < 4.78 is 57.0. The number of aliphatic hydroxyl groups excluding tert-OH is 8. The Hall–Kier alpha value is -1.82. The highest BCUT2D eigenvalue weighted by atomic mass is 16.7. The molecule has 18 heteroatoms. The highest BCUT2D eigenvalue weighted by Gasteiger charge is 2.55. The van der Waals surface area contributed by atoms with Gasteiger partial charge in [-0.25, -0.2) is 0 Å². The van der Waals surface area contributed by atoms with E-state index in [0.717, 1.165) is 12.8 Å². The summed E-state index contributed by atoms with van der Waals surface area (Å²) in [6.07, 6.45) is -1.35. The van der Waals surface area contributed by atoms with Gasteiger partial charge >= 0.3 is 0 Å². The van der Waals surface area contributed by atoms with Crippen LogP contribution < -0.4 is 9.47 Å². The molecule has 2 fully saturated rings. The number of ether oxygens (including phenoxy) is 10. The van der Waals surface area contributed by atoms with Crippen molar-refractivity contribution in [2.24, 2.45) is 5.92 Å². The van der Waals surface area contributed by atoms with Crippen LogP contribution in [0.4, 0.5) is 0 Å². The minimum Gasteiger partial charge on any atom is -0.491 e. The first-order valence-corrected chi connectivity index (χ1v) is 22.2. The van der Waals surface area contributed by atoms with Gasteiger partial charge in [-0.2, -0.15) is 0 Å². The van der Waals surface area contributed by atoms with Crippen molar-refractivity contribution in [1.29, 1.82) is 0 Å². The van der Waals surface area contributed by atoms with Crippen molar-refractivity contribution in [3.63, 3.8) is 0 Å². The van der Waals surface area contributed by atoms with Crippen molar-refractivity contribution in [3.05, 3.63) is 24.3 Å². The molecule has 0 aromatic heterocycles. The molecule has 1 aromatic carbocycles. The molecule has 0 radical (unpaired) electrons. The Labute approximate surface area is 360 Å². The second-order valence-corrected chi connectivity index (χ2v) is 15.4. The van der Waals surface area contributed by atoms with E-state index in [1.165, 1.54) is 51.4 Å². The summed E-state index contributed by atoms with van der Waals surface area (Å²) in [6, 6.07) is 6.99. The summed E-state index contributed by atoms with van der Waals surface area (Å²) in [6.45, 7) is 4.90. The number of hydrogen-bond acceptors (Lipinski definition) is 18. The lowest BCUT2D eigenvalue weighted by molar-refractivity contribution is -0.324. The van der Waals surface area contributed by atoms with Crippen molar-refractivity contribution in [1.82, 2.24) is 0 Å². The first-order valence-electron chi connectivity index (χ1n) is 22.2. The van der Waals surface area contributed by atoms with Gasteiger partial charge in [0, 0.05) is 12.5 Å². The van der Waals surface area contributed by atoms with Gasteiger partial charge in [0.15, 0.2) is 6.29 Å². The maximum absolute atomic E-state index is 11.0. The Balaban J connectivity index is 1.40. The monoisotopic (exact) mass is 881 g/mol. The van der Waals surface area contributed by atoms with Crippen molar-refractivity contribution in [2.75, 3.05) is 99.1 Å². The summed E-state index contributed by atoms with van der Waals surface area (Å²) in [4.78, 5) is 0. The van der Waals surface area contributed by atoms with Crippen molar-refractivity contribution in [2.45, 2.75) is 132 Å². The van der Waals surface area contributed by atoms with Crippen LogP contribution in [-0.4, -0.2) is 201 Å². The molecule has 2 heterocycles. The van der Waals surface area contributed by atoms with Gasteiger partial charge in [-0.05, 0) is 30.7 Å². The van der Waals surface area contributed by atoms with E-state index in [0.29, 0.717) is 77.6 Å². The summed E-state index contributed by atoms with van der Waals surface area (Å²) in [5, 5.41) is 81.1. The third kappa shape index (κ3) is 20.3. The van der Waals surface area contributed by atoms with Crippen LogP contribution in [0.5, 0.6) is 11.5 Å². The van der Waals surface area contributed by atoms with Gasteiger partial charge in [-0.3, -0.25) is 0 Å². The lowest BCUT2D eigenvalue weighted by atomic mass is 9.79. The normalized spacial score (nSPS) is 27.3. The SMILES string of the molecule is CCCCCCCCCCCCOCC(COCCOCCOCCOCCO)Oc1ccc(OCCOC2OC(CO)C(C3OC(CO)C(O)C(O)C3O)C(O)C2O)cc1. The zero-order valence-corrected chi connectivity index (χ0v) is 36.0. The zero-order chi connectivity index (χ0) is 44.1. The molecule has 0 spiro atoms. The topological polar surface area (TPSA) is 254 Å². The third-order valence-corrected chi connectivity index (χ3v) is 10.6. The molecule has 2 saturated heterocycles. The Bertz CT molecular complexity index is 1150. The minimum atomic E-state index is -1.70. The molecule has 356 valence electrons. The fraction of sp³-hybridized carbons (Fsp3) is 0.860. The predicted molar refractivity (Wildman–Crippen MR) is 220 cm³/mol. The number of benzene rings is 1. The van der Waals surface area contributed by atoms with E-state index in [4.69, 9.17) is 52.5 Å². The van der Waals surface area contributed by atoms with Crippen LogP contribution in [0.3, 0.4) is 0 Å². The van der Waals surface area contributed by atoms with Gasteiger partial charge in [0.25, 0.3) is 0 Å². The fourth-order valence-electron chi connectivity index (χ4n) is 7.20. The second kappa shape index (κ2) is 32.8. The molecule has 0 saturated carbocycles. The molecule has 8 N–H and O–H groups in total. The van der Waals surface area contributed by atoms with Crippen LogP contribution >= 0.6 is 0 Å². The Morgan fingerprint density at radius 2 is 1.05 bits per heavy atom. The van der Waals surface area contributed by atoms with Crippen molar-refractivity contribution >= 4 is 0 Å². The highest BCUT2D eigenvalue weighted by molar-refractivity contribution is 5.31. The summed E-state index contributed by atoms with van der Waals surface area (Å²) in [5.74, 6) is -0.126. The molecule has 11 unspecified atom stereocenters. The average Bonchev–Trinajstić information content (AvgIpc) is 3.27. The quantitative estimate of drug-likeness (QED) is 0.0433. The molecular formula is C43H76O18. The van der Waals surface area contributed by atoms with Gasteiger partial charge in [-0.1, -0.05) is 64.7 Å². The lowest BCUT2D eigenvalue weighted by Gasteiger charge is -2.49. The van der Waals surface area contributed by atoms with Crippen LogP contribution in [0, 0.1) is 5.92 Å². The molecule has 3 rings (SSSR count). The van der Waals surface area contributed by atoms with E-state index in [2.05, 4.69) is 6.92 Å². The number of hydrogen-bond donors (Lipinski definition) is 8. The van der Waals surface area contributed by atoms with Crippen LogP contribution in [-0.2, 0) is 37.9 Å². The first-order chi connectivity index (χ1) is 29.7. The first kappa shape index (κ1) is 53.5. The maximum atomic E-state index is 11.0. The number of rotatable bonds is 36. The lowest BCUT2D eigenvalue weighted by Crippen LogP contribution is -2.67. The fourth-order valence-corrected chi connectivity index (χ4v) is 7.20. The van der Waals surface area contributed by atoms with E-state index >= 15 is 0 Å². The van der Waals surface area contributed by atoms with Gasteiger partial charge < -0.3 is 88.2 Å².